The van der Waals surface area contributed by atoms with Crippen LogP contribution in [0.5, 0.6) is 11.5 Å². The predicted molar refractivity (Wildman–Crippen MR) is 156 cm³/mol. The topological polar surface area (TPSA) is 74.8 Å². The van der Waals surface area contributed by atoms with Gasteiger partial charge in [-0.05, 0) is 81.1 Å². The lowest BCUT2D eigenvalue weighted by Crippen LogP contribution is -2.33. The highest BCUT2D eigenvalue weighted by atomic mass is 16.5. The Morgan fingerprint density at radius 1 is 1.05 bits per heavy atom. The van der Waals surface area contributed by atoms with E-state index in [4.69, 9.17) is 14.6 Å². The first-order chi connectivity index (χ1) is 18.5. The maximum absolute atomic E-state index is 11.0. The number of rotatable bonds is 13. The Morgan fingerprint density at radius 2 is 1.79 bits per heavy atom. The molecule has 0 atom stereocenters. The smallest absolute Gasteiger partial charge is 0.335 e. The van der Waals surface area contributed by atoms with Crippen molar-refractivity contribution < 1.29 is 19.4 Å². The molecule has 3 aromatic rings. The largest absolute Gasteiger partial charge is 0.496 e. The number of ether oxygens (including phenoxy) is 2. The minimum absolute atomic E-state index is 0.270. The van der Waals surface area contributed by atoms with Gasteiger partial charge in [0.05, 0.1) is 19.3 Å². The van der Waals surface area contributed by atoms with Crippen molar-refractivity contribution in [3.05, 3.63) is 59.3 Å². The van der Waals surface area contributed by atoms with Gasteiger partial charge in [-0.2, -0.15) is 0 Å². The molecule has 0 aliphatic carbocycles. The van der Waals surface area contributed by atoms with Crippen LogP contribution in [0.3, 0.4) is 0 Å². The van der Waals surface area contributed by atoms with Gasteiger partial charge >= 0.3 is 5.97 Å². The number of piperidine rings is 1. The van der Waals surface area contributed by atoms with E-state index in [-0.39, 0.29) is 5.56 Å². The molecule has 2 N–H and O–H groups in total. The third-order valence-corrected chi connectivity index (χ3v) is 7.53. The van der Waals surface area contributed by atoms with Crippen LogP contribution in [0.2, 0.25) is 0 Å². The molecule has 0 amide bonds. The molecule has 0 unspecified atom stereocenters. The molecule has 6 heteroatoms. The number of aromatic carboxylic acids is 1. The van der Waals surface area contributed by atoms with E-state index in [0.717, 1.165) is 44.1 Å². The Balaban J connectivity index is 0.00000195. The Kier molecular flexibility index (Phi) is 12.0. The highest BCUT2D eigenvalue weighted by Gasteiger charge is 2.21. The zero-order chi connectivity index (χ0) is 27.3. The number of likely N-dealkylation sites (tertiary alicyclic amines) is 1. The maximum atomic E-state index is 11.0. The van der Waals surface area contributed by atoms with Gasteiger partial charge in [0.1, 0.15) is 11.5 Å². The number of benzene rings is 2. The number of methoxy groups -OCH3 is 1. The van der Waals surface area contributed by atoms with Crippen LogP contribution in [-0.2, 0) is 6.54 Å². The minimum atomic E-state index is -0.921. The molecule has 4 rings (SSSR count). The summed E-state index contributed by atoms with van der Waals surface area (Å²) in [7, 11) is 1.77. The van der Waals surface area contributed by atoms with Gasteiger partial charge in [0, 0.05) is 29.2 Å². The first-order valence-corrected chi connectivity index (χ1v) is 14.4. The van der Waals surface area contributed by atoms with Crippen LogP contribution in [0.25, 0.3) is 10.9 Å². The van der Waals surface area contributed by atoms with Crippen molar-refractivity contribution in [3.8, 4) is 11.5 Å². The van der Waals surface area contributed by atoms with Gasteiger partial charge in [-0.25, -0.2) is 4.79 Å². The summed E-state index contributed by atoms with van der Waals surface area (Å²) in [5.74, 6) is 1.56. The number of aromatic nitrogens is 1. The van der Waals surface area contributed by atoms with Gasteiger partial charge in [0.2, 0.25) is 0 Å². The zero-order valence-electron chi connectivity index (χ0n) is 23.7. The molecular weight excluding hydrogens is 476 g/mol. The molecule has 1 aliphatic heterocycles. The molecular formula is C32H46N2O4. The van der Waals surface area contributed by atoms with Gasteiger partial charge in [0.25, 0.3) is 0 Å². The number of hydrogen-bond donors (Lipinski definition) is 2. The third kappa shape index (κ3) is 8.26. The van der Waals surface area contributed by atoms with Crippen molar-refractivity contribution in [2.24, 2.45) is 5.92 Å². The summed E-state index contributed by atoms with van der Waals surface area (Å²) >= 11 is 0. The SMILES string of the molecule is CC.COc1cc(C)c2[nH]ccc2c1CN1CCC(CCCCCCCOc2cccc(C(=O)O)c2)CC1. The lowest BCUT2D eigenvalue weighted by atomic mass is 9.90. The number of carboxylic acids is 1. The second-order valence-corrected chi connectivity index (χ2v) is 10.1. The predicted octanol–water partition coefficient (Wildman–Crippen LogP) is 7.84. The molecule has 0 saturated carbocycles. The molecule has 1 aromatic heterocycles. The number of hydrogen-bond acceptors (Lipinski definition) is 4. The van der Waals surface area contributed by atoms with Gasteiger partial charge in [-0.3, -0.25) is 4.90 Å². The molecule has 208 valence electrons. The van der Waals surface area contributed by atoms with E-state index < -0.39 is 5.97 Å². The van der Waals surface area contributed by atoms with Crippen molar-refractivity contribution in [2.75, 3.05) is 26.8 Å². The summed E-state index contributed by atoms with van der Waals surface area (Å²) in [4.78, 5) is 17.0. The second kappa shape index (κ2) is 15.4. The monoisotopic (exact) mass is 522 g/mol. The van der Waals surface area contributed by atoms with Gasteiger partial charge in [-0.15, -0.1) is 0 Å². The second-order valence-electron chi connectivity index (χ2n) is 10.1. The van der Waals surface area contributed by atoms with Crippen LogP contribution >= 0.6 is 0 Å². The van der Waals surface area contributed by atoms with E-state index in [0.29, 0.717) is 12.4 Å². The lowest BCUT2D eigenvalue weighted by molar-refractivity contribution is 0.0696. The van der Waals surface area contributed by atoms with Gasteiger partial charge < -0.3 is 19.6 Å². The fraction of sp³-hybridized carbons (Fsp3) is 0.531. The molecule has 2 heterocycles. The summed E-state index contributed by atoms with van der Waals surface area (Å²) in [5, 5.41) is 10.3. The number of aromatic amines is 1. The lowest BCUT2D eigenvalue weighted by Gasteiger charge is -2.32. The van der Waals surface area contributed by atoms with E-state index in [9.17, 15) is 4.79 Å². The zero-order valence-corrected chi connectivity index (χ0v) is 23.7. The standard InChI is InChI=1S/C30H40N2O4.C2H6/c1-22-19-28(35-2)27(26-12-15-31-29(22)26)21-32-16-13-23(14-17-32)9-6-4-3-5-7-18-36-25-11-8-10-24(20-25)30(33)34;1-2/h8,10-12,15,19-20,23,31H,3-7,9,13-14,16-18,21H2,1-2H3,(H,33,34);1-2H3. The molecule has 0 bridgehead atoms. The van der Waals surface area contributed by atoms with Crippen LogP contribution in [0.15, 0.2) is 42.6 Å². The molecule has 2 aromatic carbocycles. The maximum Gasteiger partial charge on any atom is 0.335 e. The Hall–Kier alpha value is -2.99. The average molecular weight is 523 g/mol. The fourth-order valence-electron chi connectivity index (χ4n) is 5.41. The first kappa shape index (κ1) is 29.6. The number of aryl methyl sites for hydroxylation is 1. The van der Waals surface area contributed by atoms with Gasteiger partial charge in [0.15, 0.2) is 0 Å². The van der Waals surface area contributed by atoms with E-state index in [1.165, 1.54) is 60.6 Å². The van der Waals surface area contributed by atoms with Crippen molar-refractivity contribution in [1.29, 1.82) is 0 Å². The summed E-state index contributed by atoms with van der Waals surface area (Å²) in [6.45, 7) is 10.0. The number of H-pyrrole nitrogens is 1. The van der Waals surface area contributed by atoms with Crippen LogP contribution in [0, 0.1) is 12.8 Å². The number of carbonyl (C=O) groups is 1. The number of carboxylic acid groups (broad SMARTS) is 1. The summed E-state index contributed by atoms with van der Waals surface area (Å²) in [5.41, 5.74) is 4.02. The van der Waals surface area contributed by atoms with Crippen LogP contribution in [-0.4, -0.2) is 47.8 Å². The van der Waals surface area contributed by atoms with Gasteiger partial charge in [-0.1, -0.05) is 52.0 Å². The molecule has 0 radical (unpaired) electrons. The fourth-order valence-corrected chi connectivity index (χ4v) is 5.41. The summed E-state index contributed by atoms with van der Waals surface area (Å²) in [6.07, 6.45) is 11.9. The number of nitrogens with one attached hydrogen (secondary N) is 1. The minimum Gasteiger partial charge on any atom is -0.496 e. The molecule has 1 saturated heterocycles. The summed E-state index contributed by atoms with van der Waals surface area (Å²) in [6, 6.07) is 11.0. The average Bonchev–Trinajstić information content (AvgIpc) is 3.44. The Labute approximate surface area is 228 Å². The highest BCUT2D eigenvalue weighted by Crippen LogP contribution is 2.33. The number of fused-ring (bicyclic) bond motifs is 1. The van der Waals surface area contributed by atoms with E-state index in [2.05, 4.69) is 28.9 Å². The van der Waals surface area contributed by atoms with Crippen LogP contribution in [0.4, 0.5) is 0 Å². The van der Waals surface area contributed by atoms with Crippen LogP contribution < -0.4 is 9.47 Å². The first-order valence-electron chi connectivity index (χ1n) is 14.4. The molecule has 1 fully saturated rings. The van der Waals surface area contributed by atoms with Crippen molar-refractivity contribution in [2.45, 2.75) is 78.7 Å². The third-order valence-electron chi connectivity index (χ3n) is 7.53. The van der Waals surface area contributed by atoms with Crippen molar-refractivity contribution >= 4 is 16.9 Å². The van der Waals surface area contributed by atoms with E-state index in [1.807, 2.05) is 26.1 Å². The normalized spacial score (nSPS) is 14.2. The van der Waals surface area contributed by atoms with E-state index >= 15 is 0 Å². The quantitative estimate of drug-likeness (QED) is 0.224. The highest BCUT2D eigenvalue weighted by molar-refractivity contribution is 5.88. The van der Waals surface area contributed by atoms with Crippen molar-refractivity contribution in [1.82, 2.24) is 9.88 Å². The number of nitrogens with zero attached hydrogens (tertiary/aromatic N) is 1. The summed E-state index contributed by atoms with van der Waals surface area (Å²) < 4.78 is 11.4. The Bertz CT molecular complexity index is 1130. The molecule has 6 nitrogen and oxygen atoms in total. The Morgan fingerprint density at radius 3 is 2.53 bits per heavy atom. The molecule has 1 aliphatic rings. The van der Waals surface area contributed by atoms with Crippen molar-refractivity contribution in [3.63, 3.8) is 0 Å². The number of unbranched alkanes of at least 4 members (excludes halogenated alkanes) is 4. The molecule has 38 heavy (non-hydrogen) atoms. The van der Waals surface area contributed by atoms with E-state index in [1.54, 1.807) is 25.3 Å². The molecule has 0 spiro atoms. The van der Waals surface area contributed by atoms with Crippen LogP contribution in [0.1, 0.15) is 86.7 Å².